The zero-order valence-electron chi connectivity index (χ0n) is 20.5. The molecule has 1 heterocycles. The smallest absolute Gasteiger partial charge is 0.324 e. The van der Waals surface area contributed by atoms with E-state index in [0.717, 1.165) is 34.8 Å². The summed E-state index contributed by atoms with van der Waals surface area (Å²) in [5.41, 5.74) is -2.07. The number of methoxy groups -OCH3 is 1. The number of nitrogens with one attached hydrogen (secondary N) is 1. The summed E-state index contributed by atoms with van der Waals surface area (Å²) in [5.74, 6) is -4.97. The van der Waals surface area contributed by atoms with Crippen LogP contribution in [0.3, 0.4) is 0 Å². The largest absolute Gasteiger partial charge is 0.468 e. The van der Waals surface area contributed by atoms with Gasteiger partial charge in [-0.15, -0.1) is 0 Å². The molecule has 1 fully saturated rings. The first kappa shape index (κ1) is 30.3. The first-order valence-corrected chi connectivity index (χ1v) is 12.0. The predicted octanol–water partition coefficient (Wildman–Crippen LogP) is -0.813. The summed E-state index contributed by atoms with van der Waals surface area (Å²) >= 11 is 0. The fourth-order valence-electron chi connectivity index (χ4n) is 3.27. The summed E-state index contributed by atoms with van der Waals surface area (Å²) < 4.78 is 59.6. The third kappa shape index (κ3) is 8.74. The van der Waals surface area contributed by atoms with Crippen molar-refractivity contribution in [3.8, 4) is 0 Å². The second-order valence-electron chi connectivity index (χ2n) is 7.98. The van der Waals surface area contributed by atoms with Crippen molar-refractivity contribution in [2.45, 2.75) is 77.4 Å². The molecule has 0 aromatic heterocycles. The SMILES string of the molecule is COC(=O)C(NS(=O)(=O)[C@@H]1O[C@H](COC(C)=O)[C@@H](OC(C)=O)[C@H](OC(C)=O)[C@H]1OC(C)=O)C(C)C. The van der Waals surface area contributed by atoms with E-state index in [0.29, 0.717) is 0 Å². The van der Waals surface area contributed by atoms with Crippen molar-refractivity contribution in [3.63, 3.8) is 0 Å². The van der Waals surface area contributed by atoms with Crippen LogP contribution in [0.2, 0.25) is 0 Å². The molecule has 35 heavy (non-hydrogen) atoms. The van der Waals surface area contributed by atoms with Crippen molar-refractivity contribution in [2.24, 2.45) is 5.92 Å². The standard InChI is InChI=1S/C20H31NO13S/c1-9(2)15(19(26)29-7)21-35(27,28)20-18(33-13(6)25)17(32-12(5)24)16(31-11(4)23)14(34-20)8-30-10(3)22/h9,14-18,20-21H,8H2,1-7H3/t14-,15?,16-,17+,18-,20+/m1/s1. The van der Waals surface area contributed by atoms with Gasteiger partial charge in [-0.05, 0) is 5.92 Å². The molecule has 0 amide bonds. The number of carbonyl (C=O) groups excluding carboxylic acids is 5. The van der Waals surface area contributed by atoms with Crippen LogP contribution < -0.4 is 4.72 Å². The highest BCUT2D eigenvalue weighted by Crippen LogP contribution is 2.32. The Kier molecular flexibility index (Phi) is 11.1. The second kappa shape index (κ2) is 12.8. The monoisotopic (exact) mass is 525 g/mol. The minimum absolute atomic E-state index is 0.567. The Hall–Kier alpha value is -2.78. The van der Waals surface area contributed by atoms with Crippen molar-refractivity contribution in [2.75, 3.05) is 13.7 Å². The molecule has 0 saturated carbocycles. The number of carbonyl (C=O) groups is 5. The van der Waals surface area contributed by atoms with Gasteiger partial charge in [0.05, 0.1) is 7.11 Å². The van der Waals surface area contributed by atoms with E-state index in [-0.39, 0.29) is 0 Å². The molecule has 0 spiro atoms. The summed E-state index contributed by atoms with van der Waals surface area (Å²) in [6.45, 7) is 6.58. The molecule has 0 radical (unpaired) electrons. The van der Waals surface area contributed by atoms with Crippen LogP contribution in [0.15, 0.2) is 0 Å². The highest BCUT2D eigenvalue weighted by Gasteiger charge is 2.56. The third-order valence-electron chi connectivity index (χ3n) is 4.67. The van der Waals surface area contributed by atoms with Crippen molar-refractivity contribution >= 4 is 39.9 Å². The molecule has 1 N–H and O–H groups in total. The third-order valence-corrected chi connectivity index (χ3v) is 6.24. The summed E-state index contributed by atoms with van der Waals surface area (Å²) in [6.07, 6.45) is -6.49. The maximum Gasteiger partial charge on any atom is 0.324 e. The molecular weight excluding hydrogens is 494 g/mol. The number of ether oxygens (including phenoxy) is 6. The highest BCUT2D eigenvalue weighted by atomic mass is 32.2. The molecule has 15 heteroatoms. The van der Waals surface area contributed by atoms with E-state index in [1.165, 1.54) is 0 Å². The second-order valence-corrected chi connectivity index (χ2v) is 9.77. The minimum atomic E-state index is -4.69. The Morgan fingerprint density at radius 3 is 1.74 bits per heavy atom. The zero-order valence-corrected chi connectivity index (χ0v) is 21.3. The van der Waals surface area contributed by atoms with Gasteiger partial charge in [-0.25, -0.2) is 8.42 Å². The molecule has 6 atom stereocenters. The highest BCUT2D eigenvalue weighted by molar-refractivity contribution is 7.90. The molecule has 0 bridgehead atoms. The molecule has 0 aromatic carbocycles. The number of esters is 5. The molecule has 1 rings (SSSR count). The number of hydrogen-bond acceptors (Lipinski definition) is 13. The van der Waals surface area contributed by atoms with E-state index in [4.69, 9.17) is 23.7 Å². The maximum absolute atomic E-state index is 13.4. The fourth-order valence-corrected chi connectivity index (χ4v) is 4.97. The lowest BCUT2D eigenvalue weighted by molar-refractivity contribution is -0.238. The summed E-state index contributed by atoms with van der Waals surface area (Å²) in [4.78, 5) is 58.9. The Labute approximate surface area is 202 Å². The quantitative estimate of drug-likeness (QED) is 0.276. The Balaban J connectivity index is 3.61. The van der Waals surface area contributed by atoms with Gasteiger partial charge < -0.3 is 28.4 Å². The van der Waals surface area contributed by atoms with Gasteiger partial charge in [0.15, 0.2) is 18.3 Å². The Morgan fingerprint density at radius 2 is 1.31 bits per heavy atom. The van der Waals surface area contributed by atoms with Crippen molar-refractivity contribution in [1.82, 2.24) is 4.72 Å². The van der Waals surface area contributed by atoms with E-state index < -0.39 is 88.3 Å². The summed E-state index contributed by atoms with van der Waals surface area (Å²) in [5, 5.41) is 0. The minimum Gasteiger partial charge on any atom is -0.468 e. The molecule has 1 saturated heterocycles. The van der Waals surface area contributed by atoms with Crippen LogP contribution in [-0.4, -0.2) is 87.9 Å². The van der Waals surface area contributed by atoms with E-state index in [2.05, 4.69) is 9.46 Å². The first-order chi connectivity index (χ1) is 16.1. The topological polar surface area (TPSA) is 187 Å². The Morgan fingerprint density at radius 1 is 0.829 bits per heavy atom. The molecule has 14 nitrogen and oxygen atoms in total. The lowest BCUT2D eigenvalue weighted by Gasteiger charge is -2.44. The predicted molar refractivity (Wildman–Crippen MR) is 115 cm³/mol. The van der Waals surface area contributed by atoms with Gasteiger partial charge in [-0.3, -0.25) is 24.0 Å². The van der Waals surface area contributed by atoms with Gasteiger partial charge in [0.2, 0.25) is 15.5 Å². The molecular formula is C20H31NO13S. The Bertz CT molecular complexity index is 916. The molecule has 0 aliphatic carbocycles. The van der Waals surface area contributed by atoms with Crippen LogP contribution in [0.25, 0.3) is 0 Å². The van der Waals surface area contributed by atoms with Crippen LogP contribution >= 0.6 is 0 Å². The average Bonchev–Trinajstić information content (AvgIpc) is 2.71. The van der Waals surface area contributed by atoms with Crippen molar-refractivity contribution in [1.29, 1.82) is 0 Å². The normalized spacial score (nSPS) is 25.2. The van der Waals surface area contributed by atoms with E-state index in [1.54, 1.807) is 13.8 Å². The average molecular weight is 526 g/mol. The van der Waals surface area contributed by atoms with Gasteiger partial charge in [-0.2, -0.15) is 4.72 Å². The molecule has 200 valence electrons. The van der Waals surface area contributed by atoms with Crippen LogP contribution in [0.4, 0.5) is 0 Å². The van der Waals surface area contributed by atoms with Crippen LogP contribution in [-0.2, 0) is 62.4 Å². The van der Waals surface area contributed by atoms with Gasteiger partial charge in [0, 0.05) is 27.7 Å². The van der Waals surface area contributed by atoms with Gasteiger partial charge >= 0.3 is 29.8 Å². The lowest BCUT2D eigenvalue weighted by atomic mass is 9.99. The zero-order chi connectivity index (χ0) is 27.1. The lowest BCUT2D eigenvalue weighted by Crippen LogP contribution is -2.66. The van der Waals surface area contributed by atoms with Crippen LogP contribution in [0, 0.1) is 5.92 Å². The van der Waals surface area contributed by atoms with Gasteiger partial charge in [-0.1, -0.05) is 13.8 Å². The summed E-state index contributed by atoms with van der Waals surface area (Å²) in [6, 6.07) is -1.35. The van der Waals surface area contributed by atoms with Crippen molar-refractivity contribution < 1.29 is 60.8 Å². The fraction of sp³-hybridized carbons (Fsp3) is 0.750. The molecule has 0 aromatic rings. The number of sulfonamides is 1. The van der Waals surface area contributed by atoms with E-state index in [9.17, 15) is 32.4 Å². The van der Waals surface area contributed by atoms with Gasteiger partial charge in [0.1, 0.15) is 18.8 Å². The summed E-state index contributed by atoms with van der Waals surface area (Å²) in [7, 11) is -3.62. The number of rotatable bonds is 10. The first-order valence-electron chi connectivity index (χ1n) is 10.5. The van der Waals surface area contributed by atoms with Crippen LogP contribution in [0.1, 0.15) is 41.5 Å². The van der Waals surface area contributed by atoms with Crippen LogP contribution in [0.5, 0.6) is 0 Å². The maximum atomic E-state index is 13.4. The van der Waals surface area contributed by atoms with E-state index >= 15 is 0 Å². The molecule has 1 aliphatic rings. The number of hydrogen-bond donors (Lipinski definition) is 1. The molecule has 1 unspecified atom stereocenters. The molecule has 1 aliphatic heterocycles. The van der Waals surface area contributed by atoms with E-state index in [1.807, 2.05) is 0 Å². The van der Waals surface area contributed by atoms with Crippen molar-refractivity contribution in [3.05, 3.63) is 0 Å². The van der Waals surface area contributed by atoms with Gasteiger partial charge in [0.25, 0.3) is 0 Å².